The van der Waals surface area contributed by atoms with E-state index < -0.39 is 54.5 Å². The number of nitrogens with two attached hydrogens (primary N) is 1. The molecule has 0 spiro atoms. The van der Waals surface area contributed by atoms with E-state index in [2.05, 4.69) is 15.5 Å². The van der Waals surface area contributed by atoms with Crippen LogP contribution in [0.3, 0.4) is 0 Å². The molecule has 3 amide bonds. The minimum absolute atomic E-state index is 0.0656. The van der Waals surface area contributed by atoms with Crippen molar-refractivity contribution in [3.8, 4) is 0 Å². The lowest BCUT2D eigenvalue weighted by molar-refractivity contribution is -0.135. The van der Waals surface area contributed by atoms with E-state index in [1.165, 1.54) is 4.90 Å². The zero-order valence-corrected chi connectivity index (χ0v) is 20.6. The Labute approximate surface area is 212 Å². The number of aromatic nitrogens is 2. The molecule has 1 aliphatic carbocycles. The number of nitrogens with zero attached hydrogens (tertiary/aromatic N) is 3. The van der Waals surface area contributed by atoms with Crippen LogP contribution in [0.25, 0.3) is 0 Å². The molecule has 2 heterocycles. The summed E-state index contributed by atoms with van der Waals surface area (Å²) in [5, 5.41) is 10.3. The second-order valence-electron chi connectivity index (χ2n) is 9.56. The monoisotopic (exact) mass is 519 g/mol. The molecule has 12 heteroatoms. The molecule has 0 bridgehead atoms. The number of ether oxygens (including phenoxy) is 1. The molecule has 37 heavy (non-hydrogen) atoms. The van der Waals surface area contributed by atoms with Crippen molar-refractivity contribution in [3.05, 3.63) is 47.7 Å². The lowest BCUT2D eigenvalue weighted by Crippen LogP contribution is -2.58. The molecule has 1 saturated carbocycles. The lowest BCUT2D eigenvalue weighted by atomic mass is 9.88. The van der Waals surface area contributed by atoms with E-state index in [0.717, 1.165) is 12.8 Å². The van der Waals surface area contributed by atoms with Crippen molar-refractivity contribution in [2.45, 2.75) is 63.0 Å². The lowest BCUT2D eigenvalue weighted by Gasteiger charge is -2.39. The van der Waals surface area contributed by atoms with Crippen LogP contribution < -0.4 is 11.1 Å². The molecule has 1 saturated heterocycles. The second-order valence-corrected chi connectivity index (χ2v) is 9.56. The Hall–Kier alpha value is -3.41. The van der Waals surface area contributed by atoms with Gasteiger partial charge in [0.15, 0.2) is 0 Å². The van der Waals surface area contributed by atoms with Gasteiger partial charge in [0.2, 0.25) is 17.6 Å². The molecule has 10 nitrogen and oxygen atoms in total. The third-order valence-electron chi connectivity index (χ3n) is 6.69. The summed E-state index contributed by atoms with van der Waals surface area (Å²) in [6, 6.07) is 5.26. The van der Waals surface area contributed by atoms with E-state index in [4.69, 9.17) is 14.9 Å². The molecule has 2 fully saturated rings. The zero-order valence-electron chi connectivity index (χ0n) is 20.6. The highest BCUT2D eigenvalue weighted by Gasteiger charge is 2.44. The van der Waals surface area contributed by atoms with Gasteiger partial charge in [0.1, 0.15) is 0 Å². The average Bonchev–Trinajstić information content (AvgIpc) is 3.61. The Balaban J connectivity index is 1.54. The zero-order chi connectivity index (χ0) is 26.6. The van der Waals surface area contributed by atoms with Crippen LogP contribution in [0.5, 0.6) is 0 Å². The number of primary amides is 1. The summed E-state index contributed by atoms with van der Waals surface area (Å²) in [6.07, 6.45) is 0.511. The normalized spacial score (nSPS) is 19.8. The minimum atomic E-state index is -3.29. The van der Waals surface area contributed by atoms with E-state index in [1.54, 1.807) is 37.3 Å². The van der Waals surface area contributed by atoms with E-state index >= 15 is 8.78 Å². The fraction of sp³-hybridized carbons (Fsp3) is 0.560. The smallest absolute Gasteiger partial charge is 0.315 e. The van der Waals surface area contributed by atoms with E-state index in [9.17, 15) is 14.4 Å². The highest BCUT2D eigenvalue weighted by Crippen LogP contribution is 2.39. The van der Waals surface area contributed by atoms with Gasteiger partial charge in [-0.15, -0.1) is 10.2 Å². The van der Waals surface area contributed by atoms with Crippen molar-refractivity contribution >= 4 is 17.7 Å². The number of nitrogens with one attached hydrogen (secondary N) is 1. The molecule has 2 aliphatic rings. The van der Waals surface area contributed by atoms with Crippen LogP contribution in [0.1, 0.15) is 60.7 Å². The quantitative estimate of drug-likeness (QED) is 0.435. The second kappa shape index (κ2) is 11.3. The maximum absolute atomic E-state index is 15.3. The Kier molecular flexibility index (Phi) is 8.16. The molecule has 1 aromatic heterocycles. The molecular weight excluding hydrogens is 488 g/mol. The van der Waals surface area contributed by atoms with Gasteiger partial charge in [0, 0.05) is 25.3 Å². The number of carbonyl (C=O) groups excluding carboxylic acids is 3. The first-order valence-corrected chi connectivity index (χ1v) is 12.4. The van der Waals surface area contributed by atoms with Gasteiger partial charge in [0.25, 0.3) is 11.8 Å². The maximum Gasteiger partial charge on any atom is 0.315 e. The fourth-order valence-electron chi connectivity index (χ4n) is 4.53. The van der Waals surface area contributed by atoms with Crippen LogP contribution in [0.2, 0.25) is 0 Å². The molecule has 3 atom stereocenters. The standard InChI is InChI=1S/C25H31F2N5O5/c1-2-18(20(33)23-31-30-22(37-23)16-8-9-16)29-21(34)17(19-14-36-11-10-32(19)24(28)35)13-25(26,27)12-15-6-4-3-5-7-15/h3-7,16-19H,2,8-14H2,1H3,(H2,28,35)(H,29,34). The van der Waals surface area contributed by atoms with Crippen LogP contribution >= 0.6 is 0 Å². The summed E-state index contributed by atoms with van der Waals surface area (Å²) in [6.45, 7) is 1.77. The van der Waals surface area contributed by atoms with Crippen molar-refractivity contribution in [1.29, 1.82) is 0 Å². The molecule has 0 radical (unpaired) electrons. The Bertz CT molecular complexity index is 1110. The SMILES string of the molecule is CCC(NC(=O)C(CC(F)(F)Cc1ccccc1)C1COCCN1C(N)=O)C(=O)c1nnc(C2CC2)o1. The Morgan fingerprint density at radius 2 is 1.95 bits per heavy atom. The van der Waals surface area contributed by atoms with Crippen molar-refractivity contribution in [2.75, 3.05) is 19.8 Å². The third kappa shape index (κ3) is 6.68. The highest BCUT2D eigenvalue weighted by molar-refractivity contribution is 5.98. The average molecular weight is 520 g/mol. The third-order valence-corrected chi connectivity index (χ3v) is 6.69. The highest BCUT2D eigenvalue weighted by atomic mass is 19.3. The van der Waals surface area contributed by atoms with Crippen LogP contribution in [-0.4, -0.2) is 70.6 Å². The number of benzene rings is 1. The molecule has 3 N–H and O–H groups in total. The molecule has 4 rings (SSSR count). The van der Waals surface area contributed by atoms with Gasteiger partial charge in [0.05, 0.1) is 31.2 Å². The summed E-state index contributed by atoms with van der Waals surface area (Å²) in [7, 11) is 0. The molecule has 3 unspecified atom stereocenters. The molecular formula is C25H31F2N5O5. The number of halogens is 2. The number of Topliss-reactive ketones (excluding diaryl/α,β-unsaturated/α-hetero) is 1. The van der Waals surface area contributed by atoms with Crippen molar-refractivity contribution in [3.63, 3.8) is 0 Å². The van der Waals surface area contributed by atoms with Gasteiger partial charge in [-0.3, -0.25) is 9.59 Å². The predicted octanol–water partition coefficient (Wildman–Crippen LogP) is 2.69. The number of alkyl halides is 2. The van der Waals surface area contributed by atoms with Gasteiger partial charge in [-0.25, -0.2) is 13.6 Å². The van der Waals surface area contributed by atoms with Gasteiger partial charge in [-0.2, -0.15) is 0 Å². The van der Waals surface area contributed by atoms with Crippen molar-refractivity contribution in [2.24, 2.45) is 11.7 Å². The topological polar surface area (TPSA) is 141 Å². The van der Waals surface area contributed by atoms with E-state index in [1.807, 2.05) is 0 Å². The summed E-state index contributed by atoms with van der Waals surface area (Å²) >= 11 is 0. The van der Waals surface area contributed by atoms with Crippen molar-refractivity contribution in [1.82, 2.24) is 20.4 Å². The number of hydrogen-bond donors (Lipinski definition) is 2. The van der Waals surface area contributed by atoms with Gasteiger partial charge >= 0.3 is 6.03 Å². The minimum Gasteiger partial charge on any atom is -0.418 e. The first-order chi connectivity index (χ1) is 17.7. The molecule has 200 valence electrons. The number of morpholine rings is 1. The Morgan fingerprint density at radius 1 is 1.22 bits per heavy atom. The number of urea groups is 1. The number of carbonyl (C=O) groups is 3. The van der Waals surface area contributed by atoms with E-state index in [0.29, 0.717) is 11.5 Å². The molecule has 2 aromatic rings. The summed E-state index contributed by atoms with van der Waals surface area (Å²) in [5.41, 5.74) is 5.90. The number of hydrogen-bond acceptors (Lipinski definition) is 7. The largest absolute Gasteiger partial charge is 0.418 e. The van der Waals surface area contributed by atoms with Gasteiger partial charge < -0.3 is 25.1 Å². The number of ketones is 1. The summed E-state index contributed by atoms with van der Waals surface area (Å²) < 4.78 is 41.5. The maximum atomic E-state index is 15.3. The van der Waals surface area contributed by atoms with Crippen molar-refractivity contribution < 1.29 is 32.3 Å². The van der Waals surface area contributed by atoms with Gasteiger partial charge in [-0.05, 0) is 24.8 Å². The first-order valence-electron chi connectivity index (χ1n) is 12.4. The van der Waals surface area contributed by atoms with Gasteiger partial charge in [-0.1, -0.05) is 37.3 Å². The van der Waals surface area contributed by atoms with Crippen LogP contribution in [0.4, 0.5) is 13.6 Å². The molecule has 1 aromatic carbocycles. The Morgan fingerprint density at radius 3 is 2.59 bits per heavy atom. The summed E-state index contributed by atoms with van der Waals surface area (Å²) in [5.74, 6) is -5.81. The van der Waals surface area contributed by atoms with E-state index in [-0.39, 0.29) is 38.0 Å². The predicted molar refractivity (Wildman–Crippen MR) is 127 cm³/mol. The van der Waals surface area contributed by atoms with Crippen LogP contribution in [-0.2, 0) is 16.0 Å². The molecule has 1 aliphatic heterocycles. The number of rotatable bonds is 11. The fourth-order valence-corrected chi connectivity index (χ4v) is 4.53. The van der Waals surface area contributed by atoms with Crippen LogP contribution in [0, 0.1) is 5.92 Å². The first kappa shape index (κ1) is 26.6. The summed E-state index contributed by atoms with van der Waals surface area (Å²) in [4.78, 5) is 39.7. The number of amides is 3. The van der Waals surface area contributed by atoms with Crippen LogP contribution in [0.15, 0.2) is 34.7 Å².